The second-order valence-corrected chi connectivity index (χ2v) is 11.6. The monoisotopic (exact) mass is 618 g/mol. The number of fused-ring (bicyclic) bond motifs is 1. The maximum absolute atomic E-state index is 13.8. The molecular formula is C37H38N4O5. The van der Waals surface area contributed by atoms with Crippen LogP contribution in [0.15, 0.2) is 103 Å². The zero-order chi connectivity index (χ0) is 32.3. The van der Waals surface area contributed by atoms with Crippen LogP contribution in [0, 0.1) is 0 Å². The minimum Gasteiger partial charge on any atom is -0.345 e. The summed E-state index contributed by atoms with van der Waals surface area (Å²) in [6, 6.07) is 29.8. The highest BCUT2D eigenvalue weighted by atomic mass is 16.2. The lowest BCUT2D eigenvalue weighted by Gasteiger charge is -2.24. The molecule has 1 aliphatic heterocycles. The number of carbonyl (C=O) groups is 5. The molecule has 9 nitrogen and oxygen atoms in total. The number of carbonyl (C=O) groups excluding carboxylic acids is 5. The van der Waals surface area contributed by atoms with Crippen LogP contribution in [0.1, 0.15) is 29.5 Å². The fourth-order valence-corrected chi connectivity index (χ4v) is 5.80. The van der Waals surface area contributed by atoms with Crippen LogP contribution in [0.4, 0.5) is 0 Å². The molecule has 5 rings (SSSR count). The standard InChI is InChI=1S/C37H38N4O5/c42-25-31-16-9-19-41(31)35(44)24-38-36(45)32(21-26-10-3-1-4-11-26)40-37(46)33(22-27-12-5-2-6-13-27)39-34(43)23-28-17-18-29-14-7-8-15-30(29)20-28/h1-8,10-15,17-18,20,25,31-33H,9,16,19,21-24H2,(H,38,45)(H,39,43)(H,40,46)/t31-,32-,33-/m0/s1. The van der Waals surface area contributed by atoms with Gasteiger partial charge >= 0.3 is 0 Å². The summed E-state index contributed by atoms with van der Waals surface area (Å²) in [6.45, 7) is 0.169. The molecule has 0 aromatic heterocycles. The van der Waals surface area contributed by atoms with Gasteiger partial charge < -0.3 is 25.6 Å². The fourth-order valence-electron chi connectivity index (χ4n) is 5.80. The van der Waals surface area contributed by atoms with Crippen molar-refractivity contribution in [1.29, 1.82) is 0 Å². The van der Waals surface area contributed by atoms with Gasteiger partial charge in [-0.3, -0.25) is 19.2 Å². The molecule has 1 fully saturated rings. The van der Waals surface area contributed by atoms with Gasteiger partial charge in [0.05, 0.1) is 19.0 Å². The van der Waals surface area contributed by atoms with Crippen molar-refractivity contribution in [3.63, 3.8) is 0 Å². The number of hydrogen-bond donors (Lipinski definition) is 3. The molecule has 4 aromatic carbocycles. The molecule has 9 heteroatoms. The maximum atomic E-state index is 13.8. The number of hydrogen-bond acceptors (Lipinski definition) is 5. The van der Waals surface area contributed by atoms with E-state index in [4.69, 9.17) is 0 Å². The Morgan fingerprint density at radius 2 is 1.33 bits per heavy atom. The van der Waals surface area contributed by atoms with Gasteiger partial charge in [0.1, 0.15) is 18.4 Å². The van der Waals surface area contributed by atoms with Gasteiger partial charge in [-0.25, -0.2) is 0 Å². The van der Waals surface area contributed by atoms with Crippen LogP contribution in [-0.4, -0.2) is 66.0 Å². The lowest BCUT2D eigenvalue weighted by molar-refractivity contribution is -0.136. The summed E-state index contributed by atoms with van der Waals surface area (Å²) in [6.07, 6.45) is 2.56. The van der Waals surface area contributed by atoms with Gasteiger partial charge in [-0.1, -0.05) is 103 Å². The molecule has 4 aromatic rings. The number of benzene rings is 4. The highest BCUT2D eigenvalue weighted by Crippen LogP contribution is 2.17. The van der Waals surface area contributed by atoms with E-state index in [1.807, 2.05) is 103 Å². The SMILES string of the molecule is O=C[C@@H]1CCCN1C(=O)CNC(=O)[C@H](Cc1ccccc1)NC(=O)[C@H](Cc1ccccc1)NC(=O)Cc1ccc2ccccc2c1. The highest BCUT2D eigenvalue weighted by molar-refractivity contribution is 5.94. The third-order valence-electron chi connectivity index (χ3n) is 8.22. The lowest BCUT2D eigenvalue weighted by atomic mass is 10.0. The van der Waals surface area contributed by atoms with Crippen molar-refractivity contribution in [2.45, 2.75) is 50.2 Å². The van der Waals surface area contributed by atoms with Crippen molar-refractivity contribution < 1.29 is 24.0 Å². The number of aldehydes is 1. The quantitative estimate of drug-likeness (QED) is 0.199. The number of nitrogens with zero attached hydrogens (tertiary/aromatic N) is 1. The molecule has 3 N–H and O–H groups in total. The van der Waals surface area contributed by atoms with Gasteiger partial charge in [-0.15, -0.1) is 0 Å². The van der Waals surface area contributed by atoms with E-state index in [0.717, 1.165) is 40.2 Å². The third kappa shape index (κ3) is 8.65. The summed E-state index contributed by atoms with van der Waals surface area (Å²) < 4.78 is 0. The van der Waals surface area contributed by atoms with E-state index in [9.17, 15) is 24.0 Å². The molecule has 0 bridgehead atoms. The van der Waals surface area contributed by atoms with Crippen molar-refractivity contribution >= 4 is 40.7 Å². The van der Waals surface area contributed by atoms with Crippen LogP contribution < -0.4 is 16.0 Å². The topological polar surface area (TPSA) is 125 Å². The van der Waals surface area contributed by atoms with Crippen molar-refractivity contribution in [2.24, 2.45) is 0 Å². The van der Waals surface area contributed by atoms with Crippen molar-refractivity contribution in [3.05, 3.63) is 120 Å². The summed E-state index contributed by atoms with van der Waals surface area (Å²) in [7, 11) is 0. The molecule has 0 aliphatic carbocycles. The largest absolute Gasteiger partial charge is 0.345 e. The van der Waals surface area contributed by atoms with Gasteiger partial charge in [0, 0.05) is 19.4 Å². The average molecular weight is 619 g/mol. The summed E-state index contributed by atoms with van der Waals surface area (Å²) >= 11 is 0. The van der Waals surface area contributed by atoms with Crippen LogP contribution in [0.3, 0.4) is 0 Å². The van der Waals surface area contributed by atoms with Gasteiger partial charge in [-0.2, -0.15) is 0 Å². The Hall–Kier alpha value is -5.31. The fraction of sp³-hybridized carbons (Fsp3) is 0.270. The first-order valence-electron chi connectivity index (χ1n) is 15.6. The van der Waals surface area contributed by atoms with Crippen LogP contribution >= 0.6 is 0 Å². The van der Waals surface area contributed by atoms with Gasteiger partial charge in [0.25, 0.3) is 0 Å². The number of likely N-dealkylation sites (tertiary alicyclic amines) is 1. The second kappa shape index (κ2) is 15.6. The number of amides is 4. The van der Waals surface area contributed by atoms with Gasteiger partial charge in [0.15, 0.2) is 0 Å². The first-order valence-corrected chi connectivity index (χ1v) is 15.6. The zero-order valence-electron chi connectivity index (χ0n) is 25.6. The highest BCUT2D eigenvalue weighted by Gasteiger charge is 2.30. The van der Waals surface area contributed by atoms with E-state index >= 15 is 0 Å². The van der Waals surface area contributed by atoms with Gasteiger partial charge in [0.2, 0.25) is 23.6 Å². The van der Waals surface area contributed by atoms with Crippen LogP contribution in [-0.2, 0) is 43.2 Å². The van der Waals surface area contributed by atoms with Gasteiger partial charge in [-0.05, 0) is 40.3 Å². The minimum atomic E-state index is -1.01. The Kier molecular flexibility index (Phi) is 10.9. The molecule has 4 amide bonds. The Labute approximate surface area is 268 Å². The Balaban J connectivity index is 1.30. The van der Waals surface area contributed by atoms with E-state index in [0.29, 0.717) is 13.0 Å². The van der Waals surface area contributed by atoms with E-state index in [2.05, 4.69) is 16.0 Å². The summed E-state index contributed by atoms with van der Waals surface area (Å²) in [5, 5.41) is 10.5. The molecule has 1 heterocycles. The molecule has 46 heavy (non-hydrogen) atoms. The summed E-state index contributed by atoms with van der Waals surface area (Å²) in [5.74, 6) is -1.72. The van der Waals surface area contributed by atoms with E-state index in [1.54, 1.807) is 0 Å². The van der Waals surface area contributed by atoms with Crippen molar-refractivity contribution in [3.8, 4) is 0 Å². The predicted octanol–water partition coefficient (Wildman–Crippen LogP) is 3.14. The van der Waals surface area contributed by atoms with Crippen molar-refractivity contribution in [1.82, 2.24) is 20.9 Å². The van der Waals surface area contributed by atoms with Crippen LogP contribution in [0.5, 0.6) is 0 Å². The molecule has 1 aliphatic rings. The maximum Gasteiger partial charge on any atom is 0.243 e. The van der Waals surface area contributed by atoms with E-state index < -0.39 is 29.9 Å². The summed E-state index contributed by atoms with van der Waals surface area (Å²) in [5.41, 5.74) is 2.48. The molecule has 0 radical (unpaired) electrons. The molecule has 1 saturated heterocycles. The smallest absolute Gasteiger partial charge is 0.243 e. The molecular weight excluding hydrogens is 580 g/mol. The van der Waals surface area contributed by atoms with Crippen molar-refractivity contribution in [2.75, 3.05) is 13.1 Å². The Bertz CT molecular complexity index is 1680. The third-order valence-corrected chi connectivity index (χ3v) is 8.22. The second-order valence-electron chi connectivity index (χ2n) is 11.6. The molecule has 0 unspecified atom stereocenters. The minimum absolute atomic E-state index is 0.0811. The number of rotatable bonds is 13. The number of nitrogens with one attached hydrogen (secondary N) is 3. The molecule has 0 saturated carbocycles. The Morgan fingerprint density at radius 1 is 0.717 bits per heavy atom. The lowest BCUT2D eigenvalue weighted by Crippen LogP contribution is -2.56. The zero-order valence-corrected chi connectivity index (χ0v) is 25.6. The van der Waals surface area contributed by atoms with Crippen LogP contribution in [0.25, 0.3) is 10.8 Å². The average Bonchev–Trinajstić information content (AvgIpc) is 3.57. The first-order chi connectivity index (χ1) is 22.4. The predicted molar refractivity (Wildman–Crippen MR) is 176 cm³/mol. The Morgan fingerprint density at radius 3 is 1.98 bits per heavy atom. The normalized spacial score (nSPS) is 15.5. The molecule has 3 atom stereocenters. The summed E-state index contributed by atoms with van der Waals surface area (Å²) in [4.78, 5) is 66.2. The van der Waals surface area contributed by atoms with Crippen LogP contribution in [0.2, 0.25) is 0 Å². The molecule has 0 spiro atoms. The van der Waals surface area contributed by atoms with E-state index in [1.165, 1.54) is 4.90 Å². The van der Waals surface area contributed by atoms with E-state index in [-0.39, 0.29) is 37.6 Å². The molecule has 236 valence electrons. The first kappa shape index (κ1) is 32.1.